The maximum absolute atomic E-state index is 13.5. The molecule has 39 heavy (non-hydrogen) atoms. The van der Waals surface area contributed by atoms with Crippen molar-refractivity contribution in [2.24, 2.45) is 0 Å². The first-order valence-corrected chi connectivity index (χ1v) is 13.7. The number of anilines is 1. The highest BCUT2D eigenvalue weighted by Crippen LogP contribution is 2.37. The Hall–Kier alpha value is -3.76. The highest BCUT2D eigenvalue weighted by atomic mass is 35.5. The van der Waals surface area contributed by atoms with Gasteiger partial charge in [-0.05, 0) is 55.0 Å². The summed E-state index contributed by atoms with van der Waals surface area (Å²) < 4.78 is 24.2. The van der Waals surface area contributed by atoms with Crippen LogP contribution in [0.1, 0.15) is 12.7 Å². The van der Waals surface area contributed by atoms with Crippen LogP contribution in [0.4, 0.5) is 10.2 Å². The third kappa shape index (κ3) is 6.46. The summed E-state index contributed by atoms with van der Waals surface area (Å²) in [5.74, 6) is 0.858. The van der Waals surface area contributed by atoms with Gasteiger partial charge in [-0.2, -0.15) is 0 Å². The van der Waals surface area contributed by atoms with Gasteiger partial charge in [0, 0.05) is 36.1 Å². The van der Waals surface area contributed by atoms with Crippen molar-refractivity contribution in [1.29, 1.82) is 0 Å². The molecule has 2 aromatic carbocycles. The molecule has 0 radical (unpaired) electrons. The van der Waals surface area contributed by atoms with E-state index >= 15 is 0 Å². The molecule has 11 heteroatoms. The van der Waals surface area contributed by atoms with E-state index in [2.05, 4.69) is 9.88 Å². The van der Waals surface area contributed by atoms with Gasteiger partial charge in [-0.15, -0.1) is 11.3 Å². The number of rotatable bonds is 8. The molecule has 3 heterocycles. The molecule has 1 amide bonds. The lowest BCUT2D eigenvalue weighted by Crippen LogP contribution is -2.50. The number of benzene rings is 2. The predicted octanol–water partition coefficient (Wildman–Crippen LogP) is 4.98. The number of piperazine rings is 1. The van der Waals surface area contributed by atoms with E-state index in [4.69, 9.17) is 26.1 Å². The Balaban J connectivity index is 1.34. The lowest BCUT2D eigenvalue weighted by atomic mass is 10.1. The summed E-state index contributed by atoms with van der Waals surface area (Å²) in [6.07, 6.45) is -0.0406. The van der Waals surface area contributed by atoms with E-state index in [9.17, 15) is 14.0 Å². The number of hydrogen-bond acceptors (Lipinski definition) is 8. The van der Waals surface area contributed by atoms with Crippen LogP contribution < -0.4 is 9.64 Å². The third-order valence-corrected chi connectivity index (χ3v) is 7.59. The summed E-state index contributed by atoms with van der Waals surface area (Å²) >= 11 is 7.36. The Morgan fingerprint density at radius 3 is 2.44 bits per heavy atom. The van der Waals surface area contributed by atoms with Crippen molar-refractivity contribution in [2.75, 3.05) is 44.3 Å². The van der Waals surface area contributed by atoms with E-state index in [1.807, 2.05) is 6.07 Å². The fourth-order valence-corrected chi connectivity index (χ4v) is 5.48. The number of carbonyl (C=O) groups excluding carboxylic acids is 2. The molecule has 0 aliphatic carbocycles. The van der Waals surface area contributed by atoms with E-state index < -0.39 is 5.97 Å². The predicted molar refractivity (Wildman–Crippen MR) is 149 cm³/mol. The maximum Gasteiger partial charge on any atom is 0.313 e. The summed E-state index contributed by atoms with van der Waals surface area (Å²) in [6.45, 7) is 4.07. The maximum atomic E-state index is 13.5. The first kappa shape index (κ1) is 26.8. The molecule has 0 N–H and O–H groups in total. The second-order valence-corrected chi connectivity index (χ2v) is 10.4. The quantitative estimate of drug-likeness (QED) is 0.277. The van der Waals surface area contributed by atoms with Gasteiger partial charge < -0.3 is 19.3 Å². The van der Waals surface area contributed by atoms with Crippen molar-refractivity contribution in [1.82, 2.24) is 14.9 Å². The summed E-state index contributed by atoms with van der Waals surface area (Å²) in [4.78, 5) is 39.8. The van der Waals surface area contributed by atoms with Crippen molar-refractivity contribution in [2.45, 2.75) is 13.3 Å². The van der Waals surface area contributed by atoms with Crippen LogP contribution in [0.5, 0.6) is 5.75 Å². The van der Waals surface area contributed by atoms with Gasteiger partial charge in [0.15, 0.2) is 6.61 Å². The second kappa shape index (κ2) is 12.0. The minimum atomic E-state index is -0.394. The number of ether oxygens (including phenoxy) is 2. The number of halogens is 2. The van der Waals surface area contributed by atoms with E-state index in [1.54, 1.807) is 48.2 Å². The smallest absolute Gasteiger partial charge is 0.313 e. The van der Waals surface area contributed by atoms with E-state index in [0.29, 0.717) is 48.6 Å². The van der Waals surface area contributed by atoms with E-state index in [1.165, 1.54) is 23.5 Å². The molecule has 0 atom stereocenters. The number of thiophene rings is 1. The monoisotopic (exact) mass is 568 g/mol. The lowest BCUT2D eigenvalue weighted by Gasteiger charge is -2.35. The third-order valence-electron chi connectivity index (χ3n) is 6.26. The second-order valence-electron chi connectivity index (χ2n) is 8.89. The number of nitrogens with zero attached hydrogens (tertiary/aromatic N) is 4. The molecule has 4 aromatic rings. The summed E-state index contributed by atoms with van der Waals surface area (Å²) in [7, 11) is 0. The van der Waals surface area contributed by atoms with Crippen LogP contribution in [0.25, 0.3) is 20.7 Å². The van der Waals surface area contributed by atoms with Crippen molar-refractivity contribution >= 4 is 50.8 Å². The van der Waals surface area contributed by atoms with Crippen molar-refractivity contribution in [3.8, 4) is 16.2 Å². The molecule has 1 saturated heterocycles. The van der Waals surface area contributed by atoms with Gasteiger partial charge in [-0.25, -0.2) is 14.4 Å². The average molecular weight is 569 g/mol. The molecule has 1 fully saturated rings. The van der Waals surface area contributed by atoms with E-state index in [-0.39, 0.29) is 31.4 Å². The van der Waals surface area contributed by atoms with Crippen LogP contribution in [-0.4, -0.2) is 66.1 Å². The molecular formula is C28H26ClFN4O4S. The van der Waals surface area contributed by atoms with Crippen molar-refractivity contribution in [3.05, 3.63) is 71.3 Å². The topological polar surface area (TPSA) is 84.9 Å². The van der Waals surface area contributed by atoms with Gasteiger partial charge in [0.2, 0.25) is 0 Å². The largest absolute Gasteiger partial charge is 0.484 e. The number of aromatic nitrogens is 2. The van der Waals surface area contributed by atoms with Crippen LogP contribution in [0.3, 0.4) is 0 Å². The Morgan fingerprint density at radius 1 is 1.03 bits per heavy atom. The first-order valence-electron chi connectivity index (χ1n) is 12.5. The van der Waals surface area contributed by atoms with Crippen LogP contribution in [0.15, 0.2) is 54.6 Å². The molecule has 8 nitrogen and oxygen atoms in total. The van der Waals surface area contributed by atoms with Crippen LogP contribution in [-0.2, 0) is 20.7 Å². The number of carbonyl (C=O) groups is 2. The molecule has 5 rings (SSSR count). The van der Waals surface area contributed by atoms with Gasteiger partial charge in [0.05, 0.1) is 12.0 Å². The number of hydrogen-bond donors (Lipinski definition) is 0. The normalized spacial score (nSPS) is 13.5. The fraction of sp³-hybridized carbons (Fsp3) is 0.286. The number of fused-ring (bicyclic) bond motifs is 1. The molecule has 2 aromatic heterocycles. The van der Waals surface area contributed by atoms with Gasteiger partial charge >= 0.3 is 5.97 Å². The van der Waals surface area contributed by atoms with Crippen molar-refractivity contribution < 1.29 is 23.5 Å². The molecular weight excluding hydrogens is 543 g/mol. The molecule has 0 spiro atoms. The Morgan fingerprint density at radius 2 is 1.74 bits per heavy atom. The SMILES string of the molecule is CCOC(=O)Cc1nc(N2CCN(C(=O)COc3ccc(Cl)cc3)CC2)c2cc(-c3ccc(F)cc3)sc2n1. The van der Waals surface area contributed by atoms with Crippen LogP contribution in [0, 0.1) is 5.82 Å². The average Bonchev–Trinajstić information content (AvgIpc) is 3.37. The zero-order chi connectivity index (χ0) is 27.4. The van der Waals surface area contributed by atoms with Crippen molar-refractivity contribution in [3.63, 3.8) is 0 Å². The first-order chi connectivity index (χ1) is 18.9. The molecule has 202 valence electrons. The molecule has 0 bridgehead atoms. The fourth-order valence-electron chi connectivity index (χ4n) is 4.30. The van der Waals surface area contributed by atoms with Gasteiger partial charge in [-0.3, -0.25) is 9.59 Å². The van der Waals surface area contributed by atoms with Gasteiger partial charge in [-0.1, -0.05) is 23.7 Å². The van der Waals surface area contributed by atoms with Gasteiger partial charge in [0.25, 0.3) is 5.91 Å². The Kier molecular flexibility index (Phi) is 8.23. The summed E-state index contributed by atoms with van der Waals surface area (Å²) in [5.41, 5.74) is 0.869. The number of esters is 1. The number of amides is 1. The van der Waals surface area contributed by atoms with Gasteiger partial charge in [0.1, 0.15) is 34.5 Å². The minimum absolute atomic E-state index is 0.0406. The zero-order valence-corrected chi connectivity index (χ0v) is 22.8. The lowest BCUT2D eigenvalue weighted by molar-refractivity contribution is -0.142. The van der Waals surface area contributed by atoms with Crippen LogP contribution >= 0.6 is 22.9 Å². The Bertz CT molecular complexity index is 1470. The molecule has 0 saturated carbocycles. The summed E-state index contributed by atoms with van der Waals surface area (Å²) in [5, 5.41) is 1.45. The molecule has 1 aliphatic heterocycles. The highest BCUT2D eigenvalue weighted by Gasteiger charge is 2.25. The highest BCUT2D eigenvalue weighted by molar-refractivity contribution is 7.21. The molecule has 1 aliphatic rings. The van der Waals surface area contributed by atoms with E-state index in [0.717, 1.165) is 20.7 Å². The summed E-state index contributed by atoms with van der Waals surface area (Å²) in [6, 6.07) is 15.2. The van der Waals surface area contributed by atoms with Crippen LogP contribution in [0.2, 0.25) is 5.02 Å². The standard InChI is InChI=1S/C28H26ClFN4O4S/c1-2-37-26(36)16-24-31-27(22-15-23(39-28(22)32-24)18-3-7-20(30)8-4-18)34-13-11-33(12-14-34)25(35)17-38-21-9-5-19(29)6-10-21/h3-10,15H,2,11-14,16-17H2,1H3. The molecule has 0 unspecified atom stereocenters. The Labute approximate surface area is 233 Å². The zero-order valence-electron chi connectivity index (χ0n) is 21.2. The minimum Gasteiger partial charge on any atom is -0.484 e.